The van der Waals surface area contributed by atoms with Gasteiger partial charge in [0.25, 0.3) is 0 Å². The first-order chi connectivity index (χ1) is 9.63. The maximum atomic E-state index is 11.2. The molecule has 20 heavy (non-hydrogen) atoms. The van der Waals surface area contributed by atoms with Crippen LogP contribution in [0.25, 0.3) is 0 Å². The molecule has 1 N–H and O–H groups in total. The number of methoxy groups -OCH3 is 1. The van der Waals surface area contributed by atoms with Gasteiger partial charge >= 0.3 is 5.69 Å². The highest BCUT2D eigenvalue weighted by Crippen LogP contribution is 2.36. The van der Waals surface area contributed by atoms with E-state index in [-0.39, 0.29) is 16.7 Å². The fourth-order valence-corrected chi connectivity index (χ4v) is 2.99. The van der Waals surface area contributed by atoms with Crippen molar-refractivity contribution in [2.75, 3.05) is 12.4 Å². The standard InChI is InChI=1S/C15H22N2O3/c1-11(12-7-4-3-5-8-12)16-13-9-6-10-14(20-2)15(13)17(18)19/h6,9-12,16H,3-5,7-8H2,1-2H3. The van der Waals surface area contributed by atoms with Gasteiger partial charge in [0.15, 0.2) is 5.75 Å². The van der Waals surface area contributed by atoms with Crippen molar-refractivity contribution < 1.29 is 9.66 Å². The van der Waals surface area contributed by atoms with Gasteiger partial charge in [-0.2, -0.15) is 0 Å². The molecule has 110 valence electrons. The number of nitrogens with one attached hydrogen (secondary N) is 1. The largest absolute Gasteiger partial charge is 0.490 e. The third kappa shape index (κ3) is 3.21. The average Bonchev–Trinajstić information content (AvgIpc) is 2.47. The zero-order valence-electron chi connectivity index (χ0n) is 12.1. The molecule has 1 atom stereocenters. The highest BCUT2D eigenvalue weighted by atomic mass is 16.6. The smallest absolute Gasteiger partial charge is 0.333 e. The summed E-state index contributed by atoms with van der Waals surface area (Å²) in [4.78, 5) is 10.9. The van der Waals surface area contributed by atoms with Crippen LogP contribution in [-0.2, 0) is 0 Å². The van der Waals surface area contributed by atoms with Gasteiger partial charge in [0.05, 0.1) is 12.0 Å². The molecule has 0 amide bonds. The molecule has 1 aliphatic rings. The van der Waals surface area contributed by atoms with E-state index in [1.54, 1.807) is 18.2 Å². The third-order valence-corrected chi connectivity index (χ3v) is 4.14. The molecule has 1 aromatic rings. The molecule has 2 rings (SSSR count). The number of nitro benzene ring substituents is 1. The summed E-state index contributed by atoms with van der Waals surface area (Å²) < 4.78 is 5.09. The number of hydrogen-bond acceptors (Lipinski definition) is 4. The van der Waals surface area contributed by atoms with Crippen LogP contribution in [0.5, 0.6) is 5.75 Å². The summed E-state index contributed by atoms with van der Waals surface area (Å²) in [6.45, 7) is 2.11. The molecular weight excluding hydrogens is 256 g/mol. The molecule has 1 saturated carbocycles. The van der Waals surface area contributed by atoms with Crippen LogP contribution in [-0.4, -0.2) is 18.1 Å². The van der Waals surface area contributed by atoms with Crippen molar-refractivity contribution in [1.29, 1.82) is 0 Å². The quantitative estimate of drug-likeness (QED) is 0.653. The number of hydrogen-bond donors (Lipinski definition) is 1. The van der Waals surface area contributed by atoms with E-state index in [1.807, 2.05) is 0 Å². The van der Waals surface area contributed by atoms with Crippen LogP contribution in [0, 0.1) is 16.0 Å². The zero-order valence-corrected chi connectivity index (χ0v) is 12.1. The number of benzene rings is 1. The Labute approximate surface area is 119 Å². The number of rotatable bonds is 5. The van der Waals surface area contributed by atoms with Crippen LogP contribution in [0.2, 0.25) is 0 Å². The third-order valence-electron chi connectivity index (χ3n) is 4.14. The first-order valence-corrected chi connectivity index (χ1v) is 7.21. The van der Waals surface area contributed by atoms with Gasteiger partial charge in [-0.1, -0.05) is 25.3 Å². The Morgan fingerprint density at radius 2 is 2.05 bits per heavy atom. The molecule has 0 radical (unpaired) electrons. The summed E-state index contributed by atoms with van der Waals surface area (Å²) in [7, 11) is 1.46. The Morgan fingerprint density at radius 3 is 2.65 bits per heavy atom. The number of anilines is 1. The molecule has 0 saturated heterocycles. The summed E-state index contributed by atoms with van der Waals surface area (Å²) in [5.41, 5.74) is 0.574. The van der Waals surface area contributed by atoms with Crippen LogP contribution in [0.15, 0.2) is 18.2 Å². The van der Waals surface area contributed by atoms with Crippen molar-refractivity contribution in [3.05, 3.63) is 28.3 Å². The SMILES string of the molecule is COc1cccc(NC(C)C2CCCCC2)c1[N+](=O)[O-]. The Bertz CT molecular complexity index is 470. The Morgan fingerprint density at radius 1 is 1.35 bits per heavy atom. The average molecular weight is 278 g/mol. The van der Waals surface area contributed by atoms with E-state index in [0.717, 1.165) is 0 Å². The van der Waals surface area contributed by atoms with E-state index in [4.69, 9.17) is 4.74 Å². The van der Waals surface area contributed by atoms with E-state index in [9.17, 15) is 10.1 Å². The van der Waals surface area contributed by atoms with Crippen molar-refractivity contribution in [3.8, 4) is 5.75 Å². The Kier molecular flexibility index (Phi) is 4.82. The van der Waals surface area contributed by atoms with E-state index < -0.39 is 0 Å². The number of para-hydroxylation sites is 1. The first kappa shape index (κ1) is 14.6. The van der Waals surface area contributed by atoms with Gasteiger partial charge in [0.1, 0.15) is 5.69 Å². The van der Waals surface area contributed by atoms with E-state index in [2.05, 4.69) is 12.2 Å². The normalized spacial score (nSPS) is 17.5. The summed E-state index contributed by atoms with van der Waals surface area (Å²) in [5, 5.41) is 14.6. The lowest BCUT2D eigenvalue weighted by atomic mass is 9.84. The molecular formula is C15H22N2O3. The van der Waals surface area contributed by atoms with Gasteiger partial charge in [-0.05, 0) is 37.8 Å². The fraction of sp³-hybridized carbons (Fsp3) is 0.600. The van der Waals surface area contributed by atoms with Crippen LogP contribution >= 0.6 is 0 Å². The van der Waals surface area contributed by atoms with Gasteiger partial charge in [-0.15, -0.1) is 0 Å². The van der Waals surface area contributed by atoms with Crippen LogP contribution in [0.3, 0.4) is 0 Å². The predicted octanol–water partition coefficient (Wildman–Crippen LogP) is 3.98. The monoisotopic (exact) mass is 278 g/mol. The lowest BCUT2D eigenvalue weighted by Crippen LogP contribution is -2.28. The molecule has 0 bridgehead atoms. The number of nitrogens with zero attached hydrogens (tertiary/aromatic N) is 1. The highest BCUT2D eigenvalue weighted by molar-refractivity contribution is 5.68. The van der Waals surface area contributed by atoms with Crippen LogP contribution in [0.1, 0.15) is 39.0 Å². The van der Waals surface area contributed by atoms with Crippen molar-refractivity contribution >= 4 is 11.4 Å². The molecule has 1 fully saturated rings. The predicted molar refractivity (Wildman–Crippen MR) is 79.3 cm³/mol. The van der Waals surface area contributed by atoms with E-state index in [0.29, 0.717) is 17.4 Å². The summed E-state index contributed by atoms with van der Waals surface area (Å²) in [6.07, 6.45) is 6.23. The topological polar surface area (TPSA) is 64.4 Å². The molecule has 0 heterocycles. The Balaban J connectivity index is 2.17. The molecule has 5 heteroatoms. The maximum absolute atomic E-state index is 11.2. The fourth-order valence-electron chi connectivity index (χ4n) is 2.99. The first-order valence-electron chi connectivity index (χ1n) is 7.21. The molecule has 0 spiro atoms. The molecule has 5 nitrogen and oxygen atoms in total. The Hall–Kier alpha value is -1.78. The minimum atomic E-state index is -0.380. The van der Waals surface area contributed by atoms with Crippen LogP contribution < -0.4 is 10.1 Å². The second-order valence-corrected chi connectivity index (χ2v) is 5.44. The van der Waals surface area contributed by atoms with E-state index in [1.165, 1.54) is 39.2 Å². The van der Waals surface area contributed by atoms with Gasteiger partial charge in [-0.25, -0.2) is 0 Å². The van der Waals surface area contributed by atoms with Crippen molar-refractivity contribution in [1.82, 2.24) is 0 Å². The van der Waals surface area contributed by atoms with Crippen molar-refractivity contribution in [3.63, 3.8) is 0 Å². The molecule has 1 aromatic carbocycles. The lowest BCUT2D eigenvalue weighted by Gasteiger charge is -2.28. The number of nitro groups is 1. The summed E-state index contributed by atoms with van der Waals surface area (Å²) >= 11 is 0. The molecule has 1 aliphatic carbocycles. The van der Waals surface area contributed by atoms with Gasteiger partial charge in [0.2, 0.25) is 0 Å². The number of ether oxygens (including phenoxy) is 1. The molecule has 0 aliphatic heterocycles. The van der Waals surface area contributed by atoms with Crippen molar-refractivity contribution in [2.45, 2.75) is 45.1 Å². The lowest BCUT2D eigenvalue weighted by molar-refractivity contribution is -0.384. The second kappa shape index (κ2) is 6.59. The maximum Gasteiger partial charge on any atom is 0.333 e. The summed E-state index contributed by atoms with van der Waals surface area (Å²) in [6, 6.07) is 5.39. The minimum Gasteiger partial charge on any atom is -0.490 e. The van der Waals surface area contributed by atoms with Gasteiger partial charge < -0.3 is 10.1 Å². The summed E-state index contributed by atoms with van der Waals surface area (Å²) in [5.74, 6) is 0.894. The highest BCUT2D eigenvalue weighted by Gasteiger charge is 2.25. The second-order valence-electron chi connectivity index (χ2n) is 5.44. The van der Waals surface area contributed by atoms with E-state index >= 15 is 0 Å². The van der Waals surface area contributed by atoms with Crippen LogP contribution in [0.4, 0.5) is 11.4 Å². The zero-order chi connectivity index (χ0) is 14.5. The molecule has 0 aromatic heterocycles. The minimum absolute atomic E-state index is 0.0256. The van der Waals surface area contributed by atoms with Gasteiger partial charge in [0, 0.05) is 6.04 Å². The molecule has 1 unspecified atom stereocenters. The van der Waals surface area contributed by atoms with Gasteiger partial charge in [-0.3, -0.25) is 10.1 Å². The van der Waals surface area contributed by atoms with Crippen molar-refractivity contribution in [2.24, 2.45) is 5.92 Å².